The van der Waals surface area contributed by atoms with Gasteiger partial charge in [-0.1, -0.05) is 51.4 Å². The maximum atomic E-state index is 12.7. The molecule has 4 rings (SSSR count). The summed E-state index contributed by atoms with van der Waals surface area (Å²) in [6, 6.07) is 17.1. The number of hydrogen-bond acceptors (Lipinski definition) is 4. The van der Waals surface area contributed by atoms with E-state index in [1.54, 1.807) is 0 Å². The number of likely N-dealkylation sites (tertiary alicyclic amines) is 1. The second kappa shape index (κ2) is 8.37. The molecule has 1 N–H and O–H groups in total. The molecule has 0 bridgehead atoms. The molecule has 0 aliphatic carbocycles. The lowest BCUT2D eigenvalue weighted by Crippen LogP contribution is -2.47. The van der Waals surface area contributed by atoms with Gasteiger partial charge in [-0.3, -0.25) is 9.59 Å². The molecule has 0 atom stereocenters. The topological polar surface area (TPSA) is 71.0 Å². The van der Waals surface area contributed by atoms with E-state index in [1.807, 2.05) is 59.5 Å². The Labute approximate surface area is 178 Å². The van der Waals surface area contributed by atoms with E-state index in [1.165, 1.54) is 0 Å². The van der Waals surface area contributed by atoms with E-state index in [2.05, 4.69) is 26.4 Å². The highest BCUT2D eigenvalue weighted by Gasteiger charge is 2.44. The molecule has 1 fully saturated rings. The third-order valence-corrected chi connectivity index (χ3v) is 5.98. The van der Waals surface area contributed by atoms with Gasteiger partial charge in [-0.05, 0) is 29.8 Å². The summed E-state index contributed by atoms with van der Waals surface area (Å²) < 4.78 is 0.946. The van der Waals surface area contributed by atoms with Crippen LogP contribution in [-0.4, -0.2) is 41.1 Å². The van der Waals surface area contributed by atoms with Crippen LogP contribution in [0.15, 0.2) is 64.2 Å². The third kappa shape index (κ3) is 4.50. The fourth-order valence-electron chi connectivity index (χ4n) is 3.68. The van der Waals surface area contributed by atoms with Gasteiger partial charge in [-0.15, -0.1) is 0 Å². The van der Waals surface area contributed by atoms with Crippen LogP contribution in [0, 0.1) is 0 Å². The number of piperidine rings is 1. The van der Waals surface area contributed by atoms with Gasteiger partial charge in [-0.25, -0.2) is 0 Å². The van der Waals surface area contributed by atoms with Crippen molar-refractivity contribution in [3.05, 3.63) is 70.2 Å². The van der Waals surface area contributed by atoms with Gasteiger partial charge in [0.25, 0.3) is 11.8 Å². The minimum Gasteiger partial charge on any atom is -0.388 e. The average Bonchev–Trinajstić information content (AvgIpc) is 3.17. The molecule has 7 heteroatoms. The summed E-state index contributed by atoms with van der Waals surface area (Å²) >= 11 is 3.39. The molecule has 2 heterocycles. The normalized spacial score (nSPS) is 17.6. The smallest absolute Gasteiger partial charge is 0.269 e. The van der Waals surface area contributed by atoms with Crippen molar-refractivity contribution in [1.29, 1.82) is 0 Å². The van der Waals surface area contributed by atoms with Gasteiger partial charge in [0.2, 0.25) is 0 Å². The average molecular weight is 456 g/mol. The summed E-state index contributed by atoms with van der Waals surface area (Å²) in [6.45, 7) is 1.63. The lowest BCUT2D eigenvalue weighted by atomic mass is 9.86. The van der Waals surface area contributed by atoms with E-state index in [0.717, 1.165) is 10.0 Å². The Morgan fingerprint density at radius 2 is 1.76 bits per heavy atom. The number of carbonyl (C=O) groups is 2. The minimum atomic E-state index is -0.476. The maximum absolute atomic E-state index is 12.7. The zero-order chi connectivity index (χ0) is 20.3. The summed E-state index contributed by atoms with van der Waals surface area (Å²) in [7, 11) is 0. The van der Waals surface area contributed by atoms with E-state index in [4.69, 9.17) is 4.84 Å². The first kappa shape index (κ1) is 19.6. The van der Waals surface area contributed by atoms with E-state index < -0.39 is 5.60 Å². The number of carbonyl (C=O) groups excluding carboxylic acids is 2. The summed E-state index contributed by atoms with van der Waals surface area (Å²) in [6.07, 6.45) is 1.80. The quantitative estimate of drug-likeness (QED) is 0.766. The number of nitrogens with one attached hydrogen (secondary N) is 1. The van der Waals surface area contributed by atoms with Crippen molar-refractivity contribution in [2.75, 3.05) is 13.1 Å². The van der Waals surface area contributed by atoms with E-state index in [9.17, 15) is 9.59 Å². The summed E-state index contributed by atoms with van der Waals surface area (Å²) in [5.41, 5.74) is 1.66. The number of rotatable bonds is 4. The van der Waals surface area contributed by atoms with Gasteiger partial charge in [0.15, 0.2) is 0 Å². The van der Waals surface area contributed by atoms with E-state index in [0.29, 0.717) is 50.2 Å². The van der Waals surface area contributed by atoms with Crippen LogP contribution < -0.4 is 5.32 Å². The highest BCUT2D eigenvalue weighted by atomic mass is 79.9. The maximum Gasteiger partial charge on any atom is 0.269 e. The number of nitrogens with zero attached hydrogens (tertiary/aromatic N) is 2. The van der Waals surface area contributed by atoms with Crippen LogP contribution in [0.4, 0.5) is 0 Å². The van der Waals surface area contributed by atoms with Crippen LogP contribution in [0.5, 0.6) is 0 Å². The van der Waals surface area contributed by atoms with Crippen molar-refractivity contribution in [1.82, 2.24) is 10.2 Å². The standard InChI is InChI=1S/C22H22BrN3O3/c23-18-8-6-17(7-9-18)21(28)26-12-10-22(11-13-26)14-19(25-29-22)20(27)24-15-16-4-2-1-3-5-16/h1-9H,10-15H2,(H,24,27). The first-order valence-electron chi connectivity index (χ1n) is 9.67. The lowest BCUT2D eigenvalue weighted by molar-refractivity contribution is -0.115. The number of halogens is 1. The molecule has 0 aromatic heterocycles. The van der Waals surface area contributed by atoms with Gasteiger partial charge in [0.1, 0.15) is 11.3 Å². The Kier molecular flexibility index (Phi) is 5.67. The Morgan fingerprint density at radius 3 is 2.45 bits per heavy atom. The number of hydrogen-bond donors (Lipinski definition) is 1. The molecule has 0 saturated carbocycles. The van der Waals surface area contributed by atoms with Crippen molar-refractivity contribution < 1.29 is 14.4 Å². The SMILES string of the molecule is O=C(NCc1ccccc1)C1=NOC2(CCN(C(=O)c3ccc(Br)cc3)CC2)C1. The second-order valence-corrected chi connectivity index (χ2v) is 8.37. The van der Waals surface area contributed by atoms with Gasteiger partial charge in [0, 0.05) is 48.9 Å². The van der Waals surface area contributed by atoms with Gasteiger partial charge in [-0.2, -0.15) is 0 Å². The number of oxime groups is 1. The molecule has 6 nitrogen and oxygen atoms in total. The van der Waals surface area contributed by atoms with E-state index >= 15 is 0 Å². The van der Waals surface area contributed by atoms with Crippen LogP contribution in [0.1, 0.15) is 35.2 Å². The second-order valence-electron chi connectivity index (χ2n) is 7.46. The Bertz CT molecular complexity index is 920. The predicted molar refractivity (Wildman–Crippen MR) is 113 cm³/mol. The predicted octanol–water partition coefficient (Wildman–Crippen LogP) is 3.52. The summed E-state index contributed by atoms with van der Waals surface area (Å²) in [5.74, 6) is -0.175. The molecule has 2 amide bonds. The molecule has 1 saturated heterocycles. The van der Waals surface area contributed by atoms with Crippen molar-refractivity contribution in [2.45, 2.75) is 31.4 Å². The summed E-state index contributed by atoms with van der Waals surface area (Å²) in [5, 5.41) is 6.96. The van der Waals surface area contributed by atoms with Crippen molar-refractivity contribution in [3.8, 4) is 0 Å². The van der Waals surface area contributed by atoms with Gasteiger partial charge < -0.3 is 15.1 Å². The first-order chi connectivity index (χ1) is 14.0. The van der Waals surface area contributed by atoms with Crippen LogP contribution >= 0.6 is 15.9 Å². The van der Waals surface area contributed by atoms with Crippen molar-refractivity contribution in [2.24, 2.45) is 5.16 Å². The molecule has 0 unspecified atom stereocenters. The summed E-state index contributed by atoms with van der Waals surface area (Å²) in [4.78, 5) is 32.7. The fraction of sp³-hybridized carbons (Fsp3) is 0.318. The van der Waals surface area contributed by atoms with Gasteiger partial charge >= 0.3 is 0 Å². The molecular formula is C22H22BrN3O3. The molecule has 2 aromatic carbocycles. The van der Waals surface area contributed by atoms with Crippen LogP contribution in [0.2, 0.25) is 0 Å². The highest BCUT2D eigenvalue weighted by molar-refractivity contribution is 9.10. The van der Waals surface area contributed by atoms with Crippen LogP contribution in [0.25, 0.3) is 0 Å². The Balaban J connectivity index is 1.29. The zero-order valence-electron chi connectivity index (χ0n) is 15.9. The molecule has 29 heavy (non-hydrogen) atoms. The van der Waals surface area contributed by atoms with Crippen LogP contribution in [-0.2, 0) is 16.2 Å². The largest absolute Gasteiger partial charge is 0.388 e. The number of benzene rings is 2. The van der Waals surface area contributed by atoms with Gasteiger partial charge in [0.05, 0.1) is 0 Å². The highest BCUT2D eigenvalue weighted by Crippen LogP contribution is 2.35. The molecule has 0 radical (unpaired) electrons. The van der Waals surface area contributed by atoms with Crippen molar-refractivity contribution in [3.63, 3.8) is 0 Å². The molecular weight excluding hydrogens is 434 g/mol. The Hall–Kier alpha value is -2.67. The molecule has 2 aromatic rings. The number of amides is 2. The monoisotopic (exact) mass is 455 g/mol. The molecule has 2 aliphatic heterocycles. The Morgan fingerprint density at radius 1 is 1.07 bits per heavy atom. The van der Waals surface area contributed by atoms with E-state index in [-0.39, 0.29) is 11.8 Å². The minimum absolute atomic E-state index is 0.0205. The molecule has 1 spiro atoms. The van der Waals surface area contributed by atoms with Crippen LogP contribution in [0.3, 0.4) is 0 Å². The molecule has 150 valence electrons. The first-order valence-corrected chi connectivity index (χ1v) is 10.5. The van der Waals surface area contributed by atoms with Crippen molar-refractivity contribution >= 4 is 33.5 Å². The fourth-order valence-corrected chi connectivity index (χ4v) is 3.95. The third-order valence-electron chi connectivity index (χ3n) is 5.45. The lowest BCUT2D eigenvalue weighted by Gasteiger charge is -2.37. The molecule has 2 aliphatic rings. The zero-order valence-corrected chi connectivity index (χ0v) is 17.5.